The molecule has 0 spiro atoms. The van der Waals surface area contributed by atoms with Gasteiger partial charge in [-0.15, -0.1) is 0 Å². The fourth-order valence-electron chi connectivity index (χ4n) is 5.61. The molecular formula is C31H30ClN7O2. The highest BCUT2D eigenvalue weighted by molar-refractivity contribution is 6.29. The molecule has 208 valence electrons. The summed E-state index contributed by atoms with van der Waals surface area (Å²) in [6.45, 7) is 7.02. The highest BCUT2D eigenvalue weighted by Gasteiger charge is 2.34. The van der Waals surface area contributed by atoms with Crippen LogP contribution >= 0.6 is 11.6 Å². The van der Waals surface area contributed by atoms with E-state index in [9.17, 15) is 4.79 Å². The number of benzene rings is 1. The monoisotopic (exact) mass is 567 g/mol. The molecule has 0 saturated carbocycles. The number of hydrogen-bond donors (Lipinski definition) is 1. The molecule has 41 heavy (non-hydrogen) atoms. The van der Waals surface area contributed by atoms with Gasteiger partial charge in [0.2, 0.25) is 11.8 Å². The molecule has 2 aliphatic rings. The minimum Gasteiger partial charge on any atom is -0.439 e. The van der Waals surface area contributed by atoms with Gasteiger partial charge >= 0.3 is 0 Å². The van der Waals surface area contributed by atoms with Gasteiger partial charge in [0.05, 0.1) is 5.39 Å². The van der Waals surface area contributed by atoms with Crippen LogP contribution in [-0.2, 0) is 11.8 Å². The van der Waals surface area contributed by atoms with Crippen molar-refractivity contribution in [1.82, 2.24) is 29.3 Å². The molecule has 2 N–H and O–H groups in total. The number of rotatable bonds is 5. The van der Waals surface area contributed by atoms with Crippen LogP contribution in [0.1, 0.15) is 18.5 Å². The quantitative estimate of drug-likeness (QED) is 0.215. The number of nitrogen functional groups attached to an aromatic ring is 1. The summed E-state index contributed by atoms with van der Waals surface area (Å²) >= 11 is 5.99. The van der Waals surface area contributed by atoms with Crippen LogP contribution in [0.3, 0.4) is 0 Å². The number of likely N-dealkylation sites (tertiary alicyclic amines) is 2. The van der Waals surface area contributed by atoms with Crippen molar-refractivity contribution in [2.75, 3.05) is 31.9 Å². The predicted octanol–water partition coefficient (Wildman–Crippen LogP) is 4.52. The standard InChI is InChI=1S/C31H30ClN7O2/c1-3-27(40)38-15-13-22(14-16-38)39-17-20(18-39)7-12-24-28(29-30(33)34-19-35-31(29)37(24)2)21-8-10-23(11-9-21)41-26-6-4-5-25(32)36-26/h3-6,8-11,19-20,22H,1,13-18H2,2H3,(H2,33,34,35). The number of pyridine rings is 1. The SMILES string of the molecule is C=CC(=O)N1CCC(N2CC(C#Cc3c(-c4ccc(Oc5cccc(Cl)n5)cc4)c4c(N)ncnc4n3C)C2)CC1. The fourth-order valence-corrected chi connectivity index (χ4v) is 5.77. The second-order valence-electron chi connectivity index (χ2n) is 10.3. The Morgan fingerprint density at radius 1 is 1.15 bits per heavy atom. The zero-order valence-corrected chi connectivity index (χ0v) is 23.5. The first-order valence-corrected chi connectivity index (χ1v) is 14.0. The van der Waals surface area contributed by atoms with Crippen molar-refractivity contribution < 1.29 is 9.53 Å². The first-order chi connectivity index (χ1) is 19.9. The Bertz CT molecular complexity index is 1670. The predicted molar refractivity (Wildman–Crippen MR) is 159 cm³/mol. The Kier molecular flexibility index (Phi) is 7.35. The maximum Gasteiger partial charge on any atom is 0.245 e. The third-order valence-electron chi connectivity index (χ3n) is 7.82. The van der Waals surface area contributed by atoms with Crippen LogP contribution in [0.2, 0.25) is 5.15 Å². The number of hydrogen-bond acceptors (Lipinski definition) is 7. The molecule has 6 rings (SSSR count). The van der Waals surface area contributed by atoms with Crippen LogP contribution in [0.15, 0.2) is 61.4 Å². The highest BCUT2D eigenvalue weighted by Crippen LogP contribution is 2.37. The van der Waals surface area contributed by atoms with Gasteiger partial charge in [-0.05, 0) is 48.6 Å². The smallest absolute Gasteiger partial charge is 0.245 e. The summed E-state index contributed by atoms with van der Waals surface area (Å²) in [6, 6.07) is 13.4. The first kappa shape index (κ1) is 26.8. The zero-order valence-electron chi connectivity index (χ0n) is 22.8. The van der Waals surface area contributed by atoms with Gasteiger partial charge < -0.3 is 19.9 Å². The Labute approximate surface area is 243 Å². The van der Waals surface area contributed by atoms with Crippen molar-refractivity contribution in [1.29, 1.82) is 0 Å². The van der Waals surface area contributed by atoms with Crippen molar-refractivity contribution in [3.63, 3.8) is 0 Å². The van der Waals surface area contributed by atoms with Gasteiger partial charge in [-0.25, -0.2) is 15.0 Å². The number of nitrogens with zero attached hydrogens (tertiary/aromatic N) is 6. The maximum absolute atomic E-state index is 11.9. The summed E-state index contributed by atoms with van der Waals surface area (Å²) in [5, 5.41) is 1.15. The first-order valence-electron chi connectivity index (χ1n) is 13.6. The van der Waals surface area contributed by atoms with E-state index in [0.29, 0.717) is 28.6 Å². The van der Waals surface area contributed by atoms with Crippen LogP contribution in [0.5, 0.6) is 11.6 Å². The number of halogens is 1. The van der Waals surface area contributed by atoms with E-state index in [1.165, 1.54) is 12.4 Å². The van der Waals surface area contributed by atoms with Gasteiger partial charge in [0.1, 0.15) is 34.4 Å². The average Bonchev–Trinajstić information content (AvgIpc) is 3.25. The number of amides is 1. The van der Waals surface area contributed by atoms with Gasteiger partial charge in [-0.3, -0.25) is 9.69 Å². The number of carbonyl (C=O) groups excluding carboxylic acids is 1. The van der Waals surface area contributed by atoms with Gasteiger partial charge in [0.15, 0.2) is 0 Å². The normalized spacial score (nSPS) is 16.2. The largest absolute Gasteiger partial charge is 0.439 e. The summed E-state index contributed by atoms with van der Waals surface area (Å²) in [5.41, 5.74) is 9.77. The zero-order chi connectivity index (χ0) is 28.5. The Morgan fingerprint density at radius 2 is 1.90 bits per heavy atom. The van der Waals surface area contributed by atoms with Crippen molar-refractivity contribution >= 4 is 34.4 Å². The summed E-state index contributed by atoms with van der Waals surface area (Å²) in [6.07, 6.45) is 4.85. The number of fused-ring (bicyclic) bond motifs is 1. The van der Waals surface area contributed by atoms with Gasteiger partial charge in [-0.2, -0.15) is 0 Å². The molecule has 0 radical (unpaired) electrons. The van der Waals surface area contributed by atoms with E-state index in [1.807, 2.05) is 40.8 Å². The Balaban J connectivity index is 1.22. The molecule has 3 aromatic heterocycles. The highest BCUT2D eigenvalue weighted by atomic mass is 35.5. The van der Waals surface area contributed by atoms with Crippen LogP contribution < -0.4 is 10.5 Å². The molecule has 5 heterocycles. The number of carbonyl (C=O) groups is 1. The lowest BCUT2D eigenvalue weighted by Gasteiger charge is -2.45. The molecule has 2 aliphatic heterocycles. The molecule has 0 bridgehead atoms. The van der Waals surface area contributed by atoms with Crippen LogP contribution in [0.4, 0.5) is 5.82 Å². The molecule has 2 saturated heterocycles. The number of piperidine rings is 1. The summed E-state index contributed by atoms with van der Waals surface area (Å²) < 4.78 is 7.86. The van der Waals surface area contributed by atoms with Crippen molar-refractivity contribution in [2.24, 2.45) is 13.0 Å². The van der Waals surface area contributed by atoms with E-state index in [2.05, 4.69) is 38.3 Å². The molecule has 1 aromatic carbocycles. The number of aromatic nitrogens is 4. The fraction of sp³-hybridized carbons (Fsp3) is 0.290. The van der Waals surface area contributed by atoms with Crippen LogP contribution in [-0.4, -0.2) is 67.4 Å². The number of anilines is 1. The molecule has 0 unspecified atom stereocenters. The molecule has 9 nitrogen and oxygen atoms in total. The van der Waals surface area contributed by atoms with Crippen LogP contribution in [0.25, 0.3) is 22.2 Å². The summed E-state index contributed by atoms with van der Waals surface area (Å²) in [7, 11) is 1.95. The molecular weight excluding hydrogens is 538 g/mol. The number of nitrogens with two attached hydrogens (primary N) is 1. The Hall–Kier alpha value is -4.39. The molecule has 10 heteroatoms. The van der Waals surface area contributed by atoms with Gasteiger partial charge in [-0.1, -0.05) is 42.3 Å². The minimum atomic E-state index is 0.0205. The maximum atomic E-state index is 11.9. The van der Waals surface area contributed by atoms with Crippen LogP contribution in [0, 0.1) is 17.8 Å². The second kappa shape index (κ2) is 11.2. The van der Waals surface area contributed by atoms with Crippen molar-refractivity contribution in [3.05, 3.63) is 72.3 Å². The van der Waals surface area contributed by atoms with E-state index in [1.54, 1.807) is 18.2 Å². The number of ether oxygens (including phenoxy) is 1. The molecule has 4 aromatic rings. The summed E-state index contributed by atoms with van der Waals surface area (Å²) in [4.78, 5) is 29.2. The van der Waals surface area contributed by atoms with E-state index < -0.39 is 0 Å². The van der Waals surface area contributed by atoms with E-state index in [0.717, 1.165) is 66.9 Å². The van der Waals surface area contributed by atoms with E-state index in [-0.39, 0.29) is 11.8 Å². The lowest BCUT2D eigenvalue weighted by molar-refractivity contribution is -0.127. The summed E-state index contributed by atoms with van der Waals surface area (Å²) in [5.74, 6) is 8.71. The van der Waals surface area contributed by atoms with Gasteiger partial charge in [0, 0.05) is 56.8 Å². The molecule has 0 aliphatic carbocycles. The molecule has 0 atom stereocenters. The molecule has 2 fully saturated rings. The lowest BCUT2D eigenvalue weighted by Crippen LogP contribution is -2.55. The van der Waals surface area contributed by atoms with Crippen molar-refractivity contribution in [2.45, 2.75) is 18.9 Å². The van der Waals surface area contributed by atoms with E-state index in [4.69, 9.17) is 22.1 Å². The lowest BCUT2D eigenvalue weighted by atomic mass is 9.93. The topological polar surface area (TPSA) is 102 Å². The third kappa shape index (κ3) is 5.36. The molecule has 1 amide bonds. The van der Waals surface area contributed by atoms with E-state index >= 15 is 0 Å². The Morgan fingerprint density at radius 3 is 2.61 bits per heavy atom. The average molecular weight is 568 g/mol. The third-order valence-corrected chi connectivity index (χ3v) is 8.03. The minimum absolute atomic E-state index is 0.0205. The van der Waals surface area contributed by atoms with Crippen molar-refractivity contribution in [3.8, 4) is 34.6 Å². The second-order valence-corrected chi connectivity index (χ2v) is 10.7. The number of aryl methyl sites for hydroxylation is 1. The van der Waals surface area contributed by atoms with Gasteiger partial charge in [0.25, 0.3) is 0 Å².